The smallest absolute Gasteiger partial charge is 0.490 e. The summed E-state index contributed by atoms with van der Waals surface area (Å²) in [7, 11) is 3.73. The van der Waals surface area contributed by atoms with Gasteiger partial charge in [0.15, 0.2) is 0 Å². The van der Waals surface area contributed by atoms with Crippen LogP contribution < -0.4 is 4.74 Å². The second-order valence-electron chi connectivity index (χ2n) is 8.83. The molecule has 0 radical (unpaired) electrons. The van der Waals surface area contributed by atoms with Crippen LogP contribution in [0.25, 0.3) is 22.3 Å². The van der Waals surface area contributed by atoms with Crippen LogP contribution >= 0.6 is 0 Å². The number of benzene rings is 1. The molecule has 0 bridgehead atoms. The number of aromatic nitrogens is 3. The van der Waals surface area contributed by atoms with Crippen LogP contribution in [-0.2, 0) is 18.4 Å². The number of ether oxygens (including phenoxy) is 1. The number of alkyl halides is 3. The molecule has 37 heavy (non-hydrogen) atoms. The molecular weight excluding hydrogens is 489 g/mol. The predicted octanol–water partition coefficient (Wildman–Crippen LogP) is 5.25. The number of aryl methyl sites for hydroxylation is 1. The Morgan fingerprint density at radius 3 is 2.43 bits per heavy atom. The van der Waals surface area contributed by atoms with E-state index in [1.54, 1.807) is 13.4 Å². The van der Waals surface area contributed by atoms with Crippen molar-refractivity contribution in [2.45, 2.75) is 31.5 Å². The Labute approximate surface area is 211 Å². The molecule has 0 atom stereocenters. The minimum absolute atomic E-state index is 0.460. The van der Waals surface area contributed by atoms with Crippen LogP contribution in [-0.4, -0.2) is 56.9 Å². The van der Waals surface area contributed by atoms with Crippen molar-refractivity contribution in [2.24, 2.45) is 7.05 Å². The molecule has 4 heterocycles. The van der Waals surface area contributed by atoms with E-state index < -0.39 is 12.1 Å². The van der Waals surface area contributed by atoms with Gasteiger partial charge in [-0.15, -0.1) is 0 Å². The molecule has 1 aliphatic rings. The topological polar surface area (TPSA) is 93.6 Å². The van der Waals surface area contributed by atoms with Gasteiger partial charge in [-0.05, 0) is 62.3 Å². The fourth-order valence-corrected chi connectivity index (χ4v) is 4.33. The minimum Gasteiger partial charge on any atom is -0.497 e. The molecule has 0 aliphatic carbocycles. The number of carboxylic acids is 1. The minimum atomic E-state index is -5.08. The van der Waals surface area contributed by atoms with E-state index in [9.17, 15) is 13.2 Å². The first-order chi connectivity index (χ1) is 17.7. The number of hydrogen-bond donors (Lipinski definition) is 1. The van der Waals surface area contributed by atoms with Crippen molar-refractivity contribution >= 4 is 17.0 Å². The molecule has 1 fully saturated rings. The third-order valence-corrected chi connectivity index (χ3v) is 6.33. The van der Waals surface area contributed by atoms with E-state index in [2.05, 4.69) is 32.7 Å². The fourth-order valence-electron chi connectivity index (χ4n) is 4.33. The number of carboxylic acid groups (broad SMARTS) is 1. The van der Waals surface area contributed by atoms with Gasteiger partial charge in [-0.2, -0.15) is 13.2 Å². The number of furan rings is 1. The molecule has 1 saturated heterocycles. The molecule has 11 heteroatoms. The number of imidazole rings is 1. The second-order valence-corrected chi connectivity index (χ2v) is 8.83. The van der Waals surface area contributed by atoms with Gasteiger partial charge in [0.25, 0.3) is 0 Å². The van der Waals surface area contributed by atoms with E-state index >= 15 is 0 Å². The Kier molecular flexibility index (Phi) is 7.82. The number of hydrogen-bond acceptors (Lipinski definition) is 6. The van der Waals surface area contributed by atoms with E-state index in [0.717, 1.165) is 60.5 Å². The van der Waals surface area contributed by atoms with Gasteiger partial charge in [-0.3, -0.25) is 9.88 Å². The van der Waals surface area contributed by atoms with E-state index in [1.165, 1.54) is 11.3 Å². The second kappa shape index (κ2) is 11.0. The first-order valence-corrected chi connectivity index (χ1v) is 11.7. The van der Waals surface area contributed by atoms with Crippen molar-refractivity contribution < 1.29 is 32.2 Å². The lowest BCUT2D eigenvalue weighted by molar-refractivity contribution is -0.192. The Morgan fingerprint density at radius 1 is 1.19 bits per heavy atom. The van der Waals surface area contributed by atoms with Crippen molar-refractivity contribution in [3.63, 3.8) is 0 Å². The summed E-state index contributed by atoms with van der Waals surface area (Å²) in [6, 6.07) is 12.4. The molecule has 5 rings (SSSR count). The number of methoxy groups -OCH3 is 1. The summed E-state index contributed by atoms with van der Waals surface area (Å²) in [5.74, 6) is -1.45. The summed E-state index contributed by atoms with van der Waals surface area (Å²) in [5.41, 5.74) is 6.50. The Bertz CT molecular complexity index is 1330. The summed E-state index contributed by atoms with van der Waals surface area (Å²) in [4.78, 5) is 21.1. The highest BCUT2D eigenvalue weighted by Gasteiger charge is 2.38. The van der Waals surface area contributed by atoms with Gasteiger partial charge in [-0.1, -0.05) is 0 Å². The van der Waals surface area contributed by atoms with Gasteiger partial charge in [0, 0.05) is 36.3 Å². The van der Waals surface area contributed by atoms with Crippen molar-refractivity contribution in [2.75, 3.05) is 20.2 Å². The number of likely N-dealkylation sites (tertiary alicyclic amines) is 1. The largest absolute Gasteiger partial charge is 0.497 e. The summed E-state index contributed by atoms with van der Waals surface area (Å²) in [5, 5.41) is 7.12. The molecule has 196 valence electrons. The number of fused-ring (bicyclic) bond motifs is 1. The van der Waals surface area contributed by atoms with Gasteiger partial charge < -0.3 is 18.8 Å². The average molecular weight is 517 g/mol. The van der Waals surface area contributed by atoms with Gasteiger partial charge >= 0.3 is 12.1 Å². The first-order valence-electron chi connectivity index (χ1n) is 11.7. The third kappa shape index (κ3) is 6.29. The molecule has 0 unspecified atom stereocenters. The van der Waals surface area contributed by atoms with E-state index in [4.69, 9.17) is 24.0 Å². The van der Waals surface area contributed by atoms with Crippen LogP contribution in [0.3, 0.4) is 0 Å². The van der Waals surface area contributed by atoms with Crippen LogP contribution in [0.2, 0.25) is 0 Å². The maximum Gasteiger partial charge on any atom is 0.490 e. The molecule has 0 saturated carbocycles. The first kappa shape index (κ1) is 26.2. The normalized spacial score (nSPS) is 14.8. The lowest BCUT2D eigenvalue weighted by Crippen LogP contribution is -2.32. The molecule has 0 spiro atoms. The molecule has 4 aromatic rings. The summed E-state index contributed by atoms with van der Waals surface area (Å²) < 4.78 is 44.3. The van der Waals surface area contributed by atoms with E-state index in [0.29, 0.717) is 5.92 Å². The molecule has 8 nitrogen and oxygen atoms in total. The van der Waals surface area contributed by atoms with Crippen LogP contribution in [0.4, 0.5) is 13.2 Å². The van der Waals surface area contributed by atoms with Crippen molar-refractivity contribution in [3.05, 3.63) is 66.5 Å². The van der Waals surface area contributed by atoms with Crippen LogP contribution in [0.1, 0.15) is 30.0 Å². The van der Waals surface area contributed by atoms with Crippen molar-refractivity contribution in [1.29, 1.82) is 0 Å². The van der Waals surface area contributed by atoms with Crippen LogP contribution in [0.15, 0.2) is 59.7 Å². The highest BCUT2D eigenvalue weighted by molar-refractivity contribution is 5.90. The Hall–Kier alpha value is -3.86. The van der Waals surface area contributed by atoms with Crippen molar-refractivity contribution in [3.8, 4) is 17.0 Å². The predicted molar refractivity (Wildman–Crippen MR) is 130 cm³/mol. The van der Waals surface area contributed by atoms with Gasteiger partial charge in [0.1, 0.15) is 11.3 Å². The maximum atomic E-state index is 10.6. The van der Waals surface area contributed by atoms with E-state index in [1.807, 2.05) is 37.8 Å². The molecule has 3 aromatic heterocycles. The summed E-state index contributed by atoms with van der Waals surface area (Å²) in [6.45, 7) is 3.09. The molecule has 1 N–H and O–H groups in total. The Balaban J connectivity index is 0.000000405. The molecular formula is C26H27F3N4O4. The highest BCUT2D eigenvalue weighted by atomic mass is 19.4. The Morgan fingerprint density at radius 2 is 1.86 bits per heavy atom. The zero-order chi connectivity index (χ0) is 26.6. The number of piperidine rings is 1. The number of carbonyl (C=O) groups is 1. The van der Waals surface area contributed by atoms with Crippen LogP contribution in [0.5, 0.6) is 5.75 Å². The van der Waals surface area contributed by atoms with Gasteiger partial charge in [-0.25, -0.2) is 9.78 Å². The lowest BCUT2D eigenvalue weighted by Gasteiger charge is -2.31. The number of rotatable bonds is 5. The number of nitrogens with zero attached hydrogens (tertiary/aromatic N) is 4. The monoisotopic (exact) mass is 516 g/mol. The number of aliphatic carboxylic acids is 1. The highest BCUT2D eigenvalue weighted by Crippen LogP contribution is 2.33. The van der Waals surface area contributed by atoms with Gasteiger partial charge in [0.05, 0.1) is 37.2 Å². The standard InChI is InChI=1S/C24H26N4O2.C2HF3O2/c1-27-16-25-24-22(27)13-21(26-23(24)19-3-5-20(29-2)6-4-19)18-7-10-28(11-8-18)14-17-9-12-30-15-17;3-2(4,5)1(6)7/h3-6,9,12-13,15-16,18H,7-8,10-11,14H2,1-2H3;(H,6,7). The SMILES string of the molecule is COc1ccc(-c2nc(C3CCN(Cc4ccoc4)CC3)cc3c2ncn3C)cc1.O=C(O)C(F)(F)F. The average Bonchev–Trinajstić information content (AvgIpc) is 3.54. The van der Waals surface area contributed by atoms with Crippen molar-refractivity contribution in [1.82, 2.24) is 19.4 Å². The molecule has 1 aromatic carbocycles. The number of pyridine rings is 1. The fraction of sp³-hybridized carbons (Fsp3) is 0.346. The zero-order valence-electron chi connectivity index (χ0n) is 20.4. The quantitative estimate of drug-likeness (QED) is 0.387. The summed E-state index contributed by atoms with van der Waals surface area (Å²) >= 11 is 0. The third-order valence-electron chi connectivity index (χ3n) is 6.33. The zero-order valence-corrected chi connectivity index (χ0v) is 20.4. The van der Waals surface area contributed by atoms with Crippen LogP contribution in [0, 0.1) is 0 Å². The van der Waals surface area contributed by atoms with E-state index in [-0.39, 0.29) is 0 Å². The number of halogens is 3. The maximum absolute atomic E-state index is 10.6. The molecule has 1 aliphatic heterocycles. The lowest BCUT2D eigenvalue weighted by atomic mass is 9.92. The van der Waals surface area contributed by atoms with Gasteiger partial charge in [0.2, 0.25) is 0 Å². The molecule has 0 amide bonds. The summed E-state index contributed by atoms with van der Waals surface area (Å²) in [6.07, 6.45) is 2.59.